The Morgan fingerprint density at radius 1 is 1.69 bits per heavy atom. The molecule has 3 N–H and O–H groups in total. The standard InChI is InChI=1S/C8H16FNO3/c9-3-6(11)4-13-8-5-12-2-1-7(8)10/h6-8,11H,1-5,10H2. The van der Waals surface area contributed by atoms with Gasteiger partial charge in [-0.25, -0.2) is 4.39 Å². The fraction of sp³-hybridized carbons (Fsp3) is 1.00. The van der Waals surface area contributed by atoms with Crippen molar-refractivity contribution in [1.82, 2.24) is 0 Å². The Morgan fingerprint density at radius 3 is 3.08 bits per heavy atom. The van der Waals surface area contributed by atoms with Gasteiger partial charge in [0.2, 0.25) is 0 Å². The molecule has 4 nitrogen and oxygen atoms in total. The maximum absolute atomic E-state index is 11.8. The maximum atomic E-state index is 11.8. The first-order valence-corrected chi connectivity index (χ1v) is 4.43. The third kappa shape index (κ3) is 3.56. The van der Waals surface area contributed by atoms with Gasteiger partial charge in [-0.1, -0.05) is 0 Å². The molecule has 78 valence electrons. The van der Waals surface area contributed by atoms with Crippen LogP contribution in [-0.4, -0.2) is 49.9 Å². The van der Waals surface area contributed by atoms with Gasteiger partial charge in [0.25, 0.3) is 0 Å². The molecule has 1 aliphatic heterocycles. The molecular weight excluding hydrogens is 177 g/mol. The molecule has 0 aliphatic carbocycles. The van der Waals surface area contributed by atoms with Crippen LogP contribution in [0.15, 0.2) is 0 Å². The molecule has 0 aromatic heterocycles. The summed E-state index contributed by atoms with van der Waals surface area (Å²) >= 11 is 0. The molecule has 1 rings (SSSR count). The molecule has 0 aromatic carbocycles. The lowest BCUT2D eigenvalue weighted by molar-refractivity contribution is -0.0852. The van der Waals surface area contributed by atoms with Crippen molar-refractivity contribution in [2.45, 2.75) is 24.7 Å². The van der Waals surface area contributed by atoms with E-state index in [-0.39, 0.29) is 18.8 Å². The second kappa shape index (κ2) is 5.49. The fourth-order valence-corrected chi connectivity index (χ4v) is 1.18. The molecule has 1 heterocycles. The van der Waals surface area contributed by atoms with E-state index in [9.17, 15) is 4.39 Å². The lowest BCUT2D eigenvalue weighted by Crippen LogP contribution is -2.45. The smallest absolute Gasteiger partial charge is 0.118 e. The van der Waals surface area contributed by atoms with Crippen molar-refractivity contribution in [1.29, 1.82) is 0 Å². The Kier molecular flexibility index (Phi) is 4.58. The Bertz CT molecular complexity index is 147. The predicted octanol–water partition coefficient (Wildman–Crippen LogP) is -0.550. The first kappa shape index (κ1) is 10.8. The van der Waals surface area contributed by atoms with Crippen molar-refractivity contribution in [2.24, 2.45) is 5.73 Å². The summed E-state index contributed by atoms with van der Waals surface area (Å²) in [4.78, 5) is 0. The number of alkyl halides is 1. The van der Waals surface area contributed by atoms with Crippen molar-refractivity contribution in [3.8, 4) is 0 Å². The summed E-state index contributed by atoms with van der Waals surface area (Å²) in [6, 6.07) is -0.0689. The zero-order valence-corrected chi connectivity index (χ0v) is 7.49. The van der Waals surface area contributed by atoms with Crippen molar-refractivity contribution >= 4 is 0 Å². The third-order valence-corrected chi connectivity index (χ3v) is 2.04. The number of aliphatic hydroxyl groups is 1. The summed E-state index contributed by atoms with van der Waals surface area (Å²) in [7, 11) is 0. The Morgan fingerprint density at radius 2 is 2.46 bits per heavy atom. The highest BCUT2D eigenvalue weighted by molar-refractivity contribution is 4.77. The van der Waals surface area contributed by atoms with Crippen LogP contribution in [0.5, 0.6) is 0 Å². The quantitative estimate of drug-likeness (QED) is 0.628. The maximum Gasteiger partial charge on any atom is 0.118 e. The predicted molar refractivity (Wildman–Crippen MR) is 45.1 cm³/mol. The molecule has 0 amide bonds. The van der Waals surface area contributed by atoms with E-state index in [1.54, 1.807) is 0 Å². The number of rotatable bonds is 4. The molecule has 1 saturated heterocycles. The van der Waals surface area contributed by atoms with Gasteiger partial charge in [0, 0.05) is 12.6 Å². The van der Waals surface area contributed by atoms with Crippen LogP contribution >= 0.6 is 0 Å². The second-order valence-corrected chi connectivity index (χ2v) is 3.21. The van der Waals surface area contributed by atoms with Gasteiger partial charge in [-0.05, 0) is 6.42 Å². The number of ether oxygens (including phenoxy) is 2. The van der Waals surface area contributed by atoms with Crippen molar-refractivity contribution in [3.63, 3.8) is 0 Å². The highest BCUT2D eigenvalue weighted by Gasteiger charge is 2.23. The zero-order valence-electron chi connectivity index (χ0n) is 7.49. The molecule has 1 fully saturated rings. The minimum Gasteiger partial charge on any atom is -0.388 e. The highest BCUT2D eigenvalue weighted by atomic mass is 19.1. The van der Waals surface area contributed by atoms with Crippen LogP contribution in [-0.2, 0) is 9.47 Å². The van der Waals surface area contributed by atoms with Crippen molar-refractivity contribution in [2.75, 3.05) is 26.5 Å². The van der Waals surface area contributed by atoms with E-state index in [0.29, 0.717) is 13.2 Å². The monoisotopic (exact) mass is 193 g/mol. The van der Waals surface area contributed by atoms with Gasteiger partial charge in [-0.15, -0.1) is 0 Å². The van der Waals surface area contributed by atoms with E-state index in [2.05, 4.69) is 0 Å². The van der Waals surface area contributed by atoms with Crippen LogP contribution in [0.1, 0.15) is 6.42 Å². The zero-order chi connectivity index (χ0) is 9.68. The summed E-state index contributed by atoms with van der Waals surface area (Å²) in [5.74, 6) is 0. The van der Waals surface area contributed by atoms with E-state index < -0.39 is 12.8 Å². The first-order chi connectivity index (χ1) is 6.24. The molecule has 3 atom stereocenters. The van der Waals surface area contributed by atoms with Gasteiger partial charge in [-0.2, -0.15) is 0 Å². The summed E-state index contributed by atoms with van der Waals surface area (Å²) in [5.41, 5.74) is 5.73. The normalized spacial score (nSPS) is 31.6. The molecule has 1 aliphatic rings. The lowest BCUT2D eigenvalue weighted by atomic mass is 10.1. The number of hydrogen-bond donors (Lipinski definition) is 2. The molecule has 0 radical (unpaired) electrons. The average Bonchev–Trinajstić information content (AvgIpc) is 2.16. The van der Waals surface area contributed by atoms with Gasteiger partial charge >= 0.3 is 0 Å². The molecular formula is C8H16FNO3. The van der Waals surface area contributed by atoms with Crippen molar-refractivity contribution < 1.29 is 19.0 Å². The van der Waals surface area contributed by atoms with Gasteiger partial charge in [0.15, 0.2) is 0 Å². The van der Waals surface area contributed by atoms with Crippen LogP contribution in [0.3, 0.4) is 0 Å². The van der Waals surface area contributed by atoms with E-state index in [4.69, 9.17) is 20.3 Å². The van der Waals surface area contributed by atoms with E-state index in [0.717, 1.165) is 6.42 Å². The van der Waals surface area contributed by atoms with E-state index in [1.807, 2.05) is 0 Å². The van der Waals surface area contributed by atoms with Gasteiger partial charge < -0.3 is 20.3 Å². The van der Waals surface area contributed by atoms with E-state index in [1.165, 1.54) is 0 Å². The molecule has 3 unspecified atom stereocenters. The Hall–Kier alpha value is -0.230. The molecule has 0 saturated carbocycles. The lowest BCUT2D eigenvalue weighted by Gasteiger charge is -2.29. The summed E-state index contributed by atoms with van der Waals surface area (Å²) in [5, 5.41) is 8.89. The Labute approximate surface area is 76.8 Å². The molecule has 13 heavy (non-hydrogen) atoms. The Balaban J connectivity index is 2.18. The van der Waals surface area contributed by atoms with Crippen LogP contribution in [0.25, 0.3) is 0 Å². The minimum absolute atomic E-state index is 0.0156. The van der Waals surface area contributed by atoms with Crippen LogP contribution < -0.4 is 5.73 Å². The molecule has 5 heteroatoms. The van der Waals surface area contributed by atoms with Crippen molar-refractivity contribution in [3.05, 3.63) is 0 Å². The number of halogens is 1. The average molecular weight is 193 g/mol. The third-order valence-electron chi connectivity index (χ3n) is 2.04. The van der Waals surface area contributed by atoms with Crippen LogP contribution in [0.2, 0.25) is 0 Å². The molecule has 0 bridgehead atoms. The summed E-state index contributed by atoms with van der Waals surface area (Å²) in [6.07, 6.45) is -0.514. The summed E-state index contributed by atoms with van der Waals surface area (Å²) in [6.45, 7) is 0.272. The first-order valence-electron chi connectivity index (χ1n) is 4.43. The van der Waals surface area contributed by atoms with Crippen LogP contribution in [0, 0.1) is 0 Å². The van der Waals surface area contributed by atoms with Gasteiger partial charge in [0.1, 0.15) is 12.8 Å². The highest BCUT2D eigenvalue weighted by Crippen LogP contribution is 2.09. The summed E-state index contributed by atoms with van der Waals surface area (Å²) < 4.78 is 22.2. The van der Waals surface area contributed by atoms with E-state index >= 15 is 0 Å². The van der Waals surface area contributed by atoms with Crippen LogP contribution in [0.4, 0.5) is 4.39 Å². The largest absolute Gasteiger partial charge is 0.388 e. The fourth-order valence-electron chi connectivity index (χ4n) is 1.18. The van der Waals surface area contributed by atoms with Gasteiger partial charge in [0.05, 0.1) is 19.3 Å². The molecule has 0 spiro atoms. The SMILES string of the molecule is NC1CCOCC1OCC(O)CF. The van der Waals surface area contributed by atoms with Gasteiger partial charge in [-0.3, -0.25) is 0 Å². The molecule has 0 aromatic rings. The second-order valence-electron chi connectivity index (χ2n) is 3.21. The number of nitrogens with two attached hydrogens (primary N) is 1. The number of aliphatic hydroxyl groups excluding tert-OH is 1. The minimum atomic E-state index is -1.05. The number of hydrogen-bond acceptors (Lipinski definition) is 4. The topological polar surface area (TPSA) is 64.7 Å².